The molecule has 0 aliphatic carbocycles. The molecule has 0 radical (unpaired) electrons. The number of rotatable bonds is 5. The van der Waals surface area contributed by atoms with Crippen LogP contribution in [-0.2, 0) is 10.9 Å². The Kier molecular flexibility index (Phi) is 6.94. The summed E-state index contributed by atoms with van der Waals surface area (Å²) < 4.78 is 51.7. The number of ether oxygens (including phenoxy) is 2. The molecular formula is C29H35F3N6O3. The van der Waals surface area contributed by atoms with Crippen LogP contribution in [0.4, 0.5) is 29.5 Å². The van der Waals surface area contributed by atoms with E-state index in [9.17, 15) is 18.0 Å². The van der Waals surface area contributed by atoms with Gasteiger partial charge in [0.1, 0.15) is 22.9 Å². The third kappa shape index (κ3) is 5.56. The van der Waals surface area contributed by atoms with Crippen molar-refractivity contribution in [3.8, 4) is 5.88 Å². The number of hydrogen-bond donors (Lipinski definition) is 1. The highest BCUT2D eigenvalue weighted by atomic mass is 19.4. The van der Waals surface area contributed by atoms with Crippen molar-refractivity contribution in [1.29, 1.82) is 0 Å². The van der Waals surface area contributed by atoms with Crippen LogP contribution in [-0.4, -0.2) is 64.8 Å². The first-order valence-electron chi connectivity index (χ1n) is 13.5. The monoisotopic (exact) mass is 572 g/mol. The number of aromatic nitrogens is 3. The Labute approximate surface area is 237 Å². The number of anilines is 2. The maximum Gasteiger partial charge on any atom is 0.416 e. The van der Waals surface area contributed by atoms with Gasteiger partial charge in [-0.1, -0.05) is 12.1 Å². The van der Waals surface area contributed by atoms with Gasteiger partial charge in [-0.2, -0.15) is 18.2 Å². The number of methoxy groups -OCH3 is 1. The Morgan fingerprint density at radius 3 is 2.37 bits per heavy atom. The lowest BCUT2D eigenvalue weighted by Gasteiger charge is -2.60. The minimum atomic E-state index is -4.44. The fraction of sp³-hybridized carbons (Fsp3) is 0.517. The number of aryl methyl sites for hydroxylation is 1. The molecule has 2 aliphatic heterocycles. The number of fused-ring (bicyclic) bond motifs is 1. The lowest BCUT2D eigenvalue weighted by Crippen LogP contribution is -2.73. The molecule has 3 aromatic rings. The van der Waals surface area contributed by atoms with Gasteiger partial charge in [-0.25, -0.2) is 14.8 Å². The van der Waals surface area contributed by atoms with Gasteiger partial charge < -0.3 is 24.6 Å². The van der Waals surface area contributed by atoms with Gasteiger partial charge in [-0.05, 0) is 64.8 Å². The van der Waals surface area contributed by atoms with Crippen molar-refractivity contribution in [3.05, 3.63) is 46.8 Å². The summed E-state index contributed by atoms with van der Waals surface area (Å²) in [7, 11) is 1.55. The maximum atomic E-state index is 13.5. The minimum absolute atomic E-state index is 0.0166. The second-order valence-corrected chi connectivity index (χ2v) is 12.1. The fourth-order valence-corrected chi connectivity index (χ4v) is 5.69. The number of likely N-dealkylation sites (tertiary alicyclic amines) is 1. The van der Waals surface area contributed by atoms with Crippen molar-refractivity contribution in [1.82, 2.24) is 19.9 Å². The second kappa shape index (κ2) is 9.92. The number of amides is 1. The Morgan fingerprint density at radius 1 is 1.07 bits per heavy atom. The predicted octanol–water partition coefficient (Wildman–Crippen LogP) is 5.90. The van der Waals surface area contributed by atoms with Gasteiger partial charge in [-0.15, -0.1) is 0 Å². The summed E-state index contributed by atoms with van der Waals surface area (Å²) in [6, 6.07) is 5.63. The van der Waals surface area contributed by atoms with Gasteiger partial charge in [0.2, 0.25) is 5.88 Å². The van der Waals surface area contributed by atoms with Crippen LogP contribution in [0.3, 0.4) is 0 Å². The standard InChI is InChI=1S/C29H35F3N6O3/c1-16-19(9-8-10-21(16)29(30,31)32)17(2)33-23-20-11-22(25(40-7)36-24(20)35-18(3)34-23)37-12-28(13-37)14-38(15-28)26(39)41-27(4,5)6/h8-11,17H,12-15H2,1-7H3,(H,33,34,35,36)/t17-/m1/s1. The summed E-state index contributed by atoms with van der Waals surface area (Å²) in [5.74, 6) is 1.36. The number of nitrogens with one attached hydrogen (secondary N) is 1. The fourth-order valence-electron chi connectivity index (χ4n) is 5.69. The molecule has 9 nitrogen and oxygen atoms in total. The van der Waals surface area contributed by atoms with E-state index in [4.69, 9.17) is 9.47 Å². The topological polar surface area (TPSA) is 92.7 Å². The first-order chi connectivity index (χ1) is 19.1. The van der Waals surface area contributed by atoms with Crippen LogP contribution in [0.1, 0.15) is 56.3 Å². The van der Waals surface area contributed by atoms with Crippen LogP contribution < -0.4 is 15.0 Å². The summed E-state index contributed by atoms with van der Waals surface area (Å²) in [5.41, 5.74) is 0.658. The molecule has 1 atom stereocenters. The Bertz CT molecular complexity index is 1490. The number of pyridine rings is 1. The second-order valence-electron chi connectivity index (χ2n) is 12.1. The molecule has 1 spiro atoms. The first kappa shape index (κ1) is 28.7. The van der Waals surface area contributed by atoms with E-state index >= 15 is 0 Å². The highest BCUT2D eigenvalue weighted by Crippen LogP contribution is 2.45. The molecule has 2 fully saturated rings. The molecule has 12 heteroatoms. The van der Waals surface area contributed by atoms with Crippen molar-refractivity contribution in [2.45, 2.75) is 59.4 Å². The van der Waals surface area contributed by atoms with E-state index in [1.54, 1.807) is 31.9 Å². The maximum absolute atomic E-state index is 13.5. The molecule has 0 saturated carbocycles. The van der Waals surface area contributed by atoms with Crippen LogP contribution in [0.5, 0.6) is 5.88 Å². The quantitative estimate of drug-likeness (QED) is 0.404. The molecule has 2 saturated heterocycles. The normalized spacial score (nSPS) is 17.2. The van der Waals surface area contributed by atoms with Crippen LogP contribution >= 0.6 is 0 Å². The number of nitrogens with zero attached hydrogens (tertiary/aromatic N) is 5. The van der Waals surface area contributed by atoms with Gasteiger partial charge in [0, 0.05) is 31.6 Å². The van der Waals surface area contributed by atoms with Crippen LogP contribution in [0, 0.1) is 19.3 Å². The number of hydrogen-bond acceptors (Lipinski definition) is 8. The van der Waals surface area contributed by atoms with E-state index in [0.29, 0.717) is 60.3 Å². The zero-order valence-electron chi connectivity index (χ0n) is 24.3. The largest absolute Gasteiger partial charge is 0.479 e. The number of halogens is 3. The van der Waals surface area contributed by atoms with E-state index < -0.39 is 23.4 Å². The number of benzene rings is 1. The molecule has 5 rings (SSSR count). The van der Waals surface area contributed by atoms with Crippen molar-refractivity contribution in [2.75, 3.05) is 43.5 Å². The van der Waals surface area contributed by atoms with Crippen LogP contribution in [0.15, 0.2) is 24.3 Å². The van der Waals surface area contributed by atoms with Gasteiger partial charge >= 0.3 is 12.3 Å². The SMILES string of the molecule is COc1nc2nc(C)nc(N[C@H](C)c3cccc(C(F)(F)F)c3C)c2cc1N1CC2(CN(C(=O)OC(C)(C)C)C2)C1. The zero-order valence-corrected chi connectivity index (χ0v) is 24.3. The highest BCUT2D eigenvalue weighted by molar-refractivity contribution is 5.91. The molecule has 41 heavy (non-hydrogen) atoms. The molecule has 0 bridgehead atoms. The van der Waals surface area contributed by atoms with E-state index in [2.05, 4.69) is 25.2 Å². The van der Waals surface area contributed by atoms with Gasteiger partial charge in [0.25, 0.3) is 0 Å². The molecule has 1 N–H and O–H groups in total. The summed E-state index contributed by atoms with van der Waals surface area (Å²) >= 11 is 0. The lowest BCUT2D eigenvalue weighted by atomic mass is 9.73. The lowest BCUT2D eigenvalue weighted by molar-refractivity contribution is -0.138. The molecule has 1 aromatic carbocycles. The summed E-state index contributed by atoms with van der Waals surface area (Å²) in [6.07, 6.45) is -4.74. The average Bonchev–Trinajstić information content (AvgIpc) is 2.80. The Hall–Kier alpha value is -3.83. The Balaban J connectivity index is 1.39. The number of alkyl halides is 3. The molecular weight excluding hydrogens is 537 g/mol. The third-order valence-electron chi connectivity index (χ3n) is 7.54. The van der Waals surface area contributed by atoms with Gasteiger partial charge in [0.15, 0.2) is 5.65 Å². The number of carbonyl (C=O) groups excluding carboxylic acids is 1. The highest BCUT2D eigenvalue weighted by Gasteiger charge is 2.54. The minimum Gasteiger partial charge on any atom is -0.479 e. The van der Waals surface area contributed by atoms with Crippen molar-refractivity contribution < 1.29 is 27.4 Å². The van der Waals surface area contributed by atoms with Gasteiger partial charge in [0.05, 0.1) is 24.1 Å². The first-order valence-corrected chi connectivity index (χ1v) is 13.5. The summed E-state index contributed by atoms with van der Waals surface area (Å²) in [5, 5.41) is 3.93. The number of carbonyl (C=O) groups is 1. The summed E-state index contributed by atoms with van der Waals surface area (Å²) in [4.78, 5) is 30.0. The average molecular weight is 573 g/mol. The smallest absolute Gasteiger partial charge is 0.416 e. The molecule has 2 aromatic heterocycles. The van der Waals surface area contributed by atoms with E-state index in [0.717, 1.165) is 11.8 Å². The molecule has 1 amide bonds. The predicted molar refractivity (Wildman–Crippen MR) is 149 cm³/mol. The zero-order chi connectivity index (χ0) is 29.9. The summed E-state index contributed by atoms with van der Waals surface area (Å²) in [6.45, 7) is 13.2. The van der Waals surface area contributed by atoms with Gasteiger partial charge in [-0.3, -0.25) is 0 Å². The molecule has 0 unspecified atom stereocenters. The van der Waals surface area contributed by atoms with E-state index in [1.807, 2.05) is 26.8 Å². The van der Waals surface area contributed by atoms with Crippen molar-refractivity contribution >= 4 is 28.6 Å². The molecule has 2 aliphatic rings. The van der Waals surface area contributed by atoms with Crippen molar-refractivity contribution in [2.24, 2.45) is 5.41 Å². The third-order valence-corrected chi connectivity index (χ3v) is 7.54. The van der Waals surface area contributed by atoms with Crippen molar-refractivity contribution in [3.63, 3.8) is 0 Å². The van der Waals surface area contributed by atoms with Crippen LogP contribution in [0.2, 0.25) is 0 Å². The molecule has 4 heterocycles. The molecule has 220 valence electrons. The van der Waals surface area contributed by atoms with E-state index in [-0.39, 0.29) is 17.1 Å². The van der Waals surface area contributed by atoms with Crippen LogP contribution in [0.25, 0.3) is 11.0 Å². The Morgan fingerprint density at radius 2 is 1.76 bits per heavy atom. The van der Waals surface area contributed by atoms with E-state index in [1.165, 1.54) is 13.0 Å².